The third-order valence-corrected chi connectivity index (χ3v) is 4.32. The van der Waals surface area contributed by atoms with Gasteiger partial charge < -0.3 is 14.5 Å². The molecule has 2 amide bonds. The Morgan fingerprint density at radius 1 is 1.12 bits per heavy atom. The average Bonchev–Trinajstić information content (AvgIpc) is 2.70. The molecule has 1 saturated heterocycles. The monoisotopic (exact) mass is 341 g/mol. The molecule has 1 aliphatic rings. The van der Waals surface area contributed by atoms with Crippen LogP contribution in [-0.2, 0) is 0 Å². The number of piperazine rings is 1. The molecule has 7 nitrogen and oxygen atoms in total. The van der Waals surface area contributed by atoms with E-state index in [0.717, 1.165) is 30.5 Å². The van der Waals surface area contributed by atoms with Gasteiger partial charge in [-0.05, 0) is 37.3 Å². The van der Waals surface area contributed by atoms with Crippen LogP contribution in [0.2, 0.25) is 0 Å². The lowest BCUT2D eigenvalue weighted by Crippen LogP contribution is -2.53. The van der Waals surface area contributed by atoms with E-state index >= 15 is 0 Å². The molecule has 1 aromatic carbocycles. The molecule has 0 radical (unpaired) electrons. The number of nitrogens with zero attached hydrogens (tertiary/aromatic N) is 5. The van der Waals surface area contributed by atoms with Crippen molar-refractivity contribution in [2.75, 3.05) is 49.6 Å². The summed E-state index contributed by atoms with van der Waals surface area (Å²) >= 11 is 0. The molecule has 0 spiro atoms. The van der Waals surface area contributed by atoms with Gasteiger partial charge in [0, 0.05) is 50.8 Å². The maximum atomic E-state index is 12.9. The molecule has 0 bridgehead atoms. The number of amides is 2. The Hall–Kier alpha value is -2.83. The van der Waals surface area contributed by atoms with Gasteiger partial charge in [-0.3, -0.25) is 4.90 Å². The van der Waals surface area contributed by atoms with Crippen molar-refractivity contribution < 1.29 is 9.53 Å². The summed E-state index contributed by atoms with van der Waals surface area (Å²) in [4.78, 5) is 27.2. The molecule has 0 saturated carbocycles. The zero-order chi connectivity index (χ0) is 17.6. The van der Waals surface area contributed by atoms with Crippen LogP contribution in [-0.4, -0.2) is 60.7 Å². The normalized spacial score (nSPS) is 14.3. The van der Waals surface area contributed by atoms with Crippen LogP contribution >= 0.6 is 0 Å². The largest absolute Gasteiger partial charge is 0.497 e. The van der Waals surface area contributed by atoms with Gasteiger partial charge in [0.15, 0.2) is 0 Å². The molecule has 0 aliphatic carbocycles. The fraction of sp³-hybridized carbons (Fsp3) is 0.389. The SMILES string of the molecule is CCN(C(=O)N1CCN(c2ncccn2)CC1)c1ccc(OC)cc1. The first-order valence-corrected chi connectivity index (χ1v) is 8.45. The minimum Gasteiger partial charge on any atom is -0.497 e. The zero-order valence-corrected chi connectivity index (χ0v) is 14.6. The summed E-state index contributed by atoms with van der Waals surface area (Å²) in [6.45, 7) is 5.38. The summed E-state index contributed by atoms with van der Waals surface area (Å²) < 4.78 is 5.18. The van der Waals surface area contributed by atoms with Gasteiger partial charge >= 0.3 is 6.03 Å². The van der Waals surface area contributed by atoms with Crippen molar-refractivity contribution in [1.82, 2.24) is 14.9 Å². The van der Waals surface area contributed by atoms with E-state index in [4.69, 9.17) is 4.74 Å². The summed E-state index contributed by atoms with van der Waals surface area (Å²) in [6, 6.07) is 9.40. The second-order valence-corrected chi connectivity index (χ2v) is 5.75. The predicted molar refractivity (Wildman–Crippen MR) is 97.2 cm³/mol. The van der Waals surface area contributed by atoms with E-state index in [9.17, 15) is 4.79 Å². The molecule has 25 heavy (non-hydrogen) atoms. The highest BCUT2D eigenvalue weighted by Gasteiger charge is 2.26. The van der Waals surface area contributed by atoms with Gasteiger partial charge in [0.25, 0.3) is 0 Å². The van der Waals surface area contributed by atoms with Crippen molar-refractivity contribution in [1.29, 1.82) is 0 Å². The first kappa shape index (κ1) is 17.0. The third kappa shape index (κ3) is 3.81. The number of ether oxygens (including phenoxy) is 1. The summed E-state index contributed by atoms with van der Waals surface area (Å²) in [5, 5.41) is 0. The van der Waals surface area contributed by atoms with Crippen LogP contribution in [0.4, 0.5) is 16.4 Å². The summed E-state index contributed by atoms with van der Waals surface area (Å²) in [5.41, 5.74) is 0.877. The maximum absolute atomic E-state index is 12.9. The number of aromatic nitrogens is 2. The van der Waals surface area contributed by atoms with Crippen LogP contribution in [0.3, 0.4) is 0 Å². The van der Waals surface area contributed by atoms with Crippen LogP contribution in [0, 0.1) is 0 Å². The highest BCUT2D eigenvalue weighted by molar-refractivity contribution is 5.92. The van der Waals surface area contributed by atoms with Crippen LogP contribution in [0.15, 0.2) is 42.7 Å². The van der Waals surface area contributed by atoms with Crippen molar-refractivity contribution >= 4 is 17.7 Å². The molecule has 3 rings (SSSR count). The van der Waals surface area contributed by atoms with Crippen molar-refractivity contribution in [3.63, 3.8) is 0 Å². The molecule has 2 aromatic rings. The molecule has 1 aliphatic heterocycles. The number of rotatable bonds is 4. The van der Waals surface area contributed by atoms with Gasteiger partial charge in [0.2, 0.25) is 5.95 Å². The van der Waals surface area contributed by atoms with Gasteiger partial charge in [0.1, 0.15) is 5.75 Å². The van der Waals surface area contributed by atoms with E-state index in [1.165, 1.54) is 0 Å². The number of methoxy groups -OCH3 is 1. The van der Waals surface area contributed by atoms with E-state index in [2.05, 4.69) is 14.9 Å². The lowest BCUT2D eigenvalue weighted by Gasteiger charge is -2.37. The average molecular weight is 341 g/mol. The fourth-order valence-electron chi connectivity index (χ4n) is 2.91. The highest BCUT2D eigenvalue weighted by atomic mass is 16.5. The maximum Gasteiger partial charge on any atom is 0.324 e. The summed E-state index contributed by atoms with van der Waals surface area (Å²) in [5.74, 6) is 1.50. The van der Waals surface area contributed by atoms with Crippen molar-refractivity contribution in [3.05, 3.63) is 42.7 Å². The van der Waals surface area contributed by atoms with Crippen molar-refractivity contribution in [2.45, 2.75) is 6.92 Å². The van der Waals surface area contributed by atoms with Gasteiger partial charge in [-0.1, -0.05) is 0 Å². The van der Waals surface area contributed by atoms with Gasteiger partial charge in [0.05, 0.1) is 7.11 Å². The number of benzene rings is 1. The highest BCUT2D eigenvalue weighted by Crippen LogP contribution is 2.21. The van der Waals surface area contributed by atoms with Crippen LogP contribution in [0.5, 0.6) is 5.75 Å². The Morgan fingerprint density at radius 2 is 1.76 bits per heavy atom. The third-order valence-electron chi connectivity index (χ3n) is 4.32. The Labute approximate surface area is 147 Å². The van der Waals surface area contributed by atoms with E-state index in [-0.39, 0.29) is 6.03 Å². The number of hydrogen-bond acceptors (Lipinski definition) is 5. The topological polar surface area (TPSA) is 61.8 Å². The molecule has 1 fully saturated rings. The van der Waals surface area contributed by atoms with E-state index in [0.29, 0.717) is 19.6 Å². The van der Waals surface area contributed by atoms with Crippen molar-refractivity contribution in [2.24, 2.45) is 0 Å². The minimum absolute atomic E-state index is 0.0290. The Balaban J connectivity index is 1.64. The Morgan fingerprint density at radius 3 is 2.32 bits per heavy atom. The Bertz CT molecular complexity index is 684. The molecule has 0 unspecified atom stereocenters. The molecule has 0 N–H and O–H groups in total. The fourth-order valence-corrected chi connectivity index (χ4v) is 2.91. The Kier molecular flexibility index (Phi) is 5.33. The molecule has 1 aromatic heterocycles. The first-order chi connectivity index (χ1) is 12.2. The number of urea groups is 1. The number of anilines is 2. The van der Waals surface area contributed by atoms with Gasteiger partial charge in [-0.15, -0.1) is 0 Å². The number of carbonyl (C=O) groups is 1. The van der Waals surface area contributed by atoms with E-state index in [1.807, 2.05) is 36.1 Å². The summed E-state index contributed by atoms with van der Waals surface area (Å²) in [7, 11) is 1.63. The molecule has 132 valence electrons. The van der Waals surface area contributed by atoms with E-state index in [1.54, 1.807) is 30.5 Å². The zero-order valence-electron chi connectivity index (χ0n) is 14.6. The van der Waals surface area contributed by atoms with Crippen LogP contribution < -0.4 is 14.5 Å². The lowest BCUT2D eigenvalue weighted by molar-refractivity contribution is 0.201. The summed E-state index contributed by atoms with van der Waals surface area (Å²) in [6.07, 6.45) is 3.48. The molecular weight excluding hydrogens is 318 g/mol. The number of hydrogen-bond donors (Lipinski definition) is 0. The lowest BCUT2D eigenvalue weighted by atomic mass is 10.2. The molecule has 2 heterocycles. The molecule has 0 atom stereocenters. The number of carbonyl (C=O) groups excluding carboxylic acids is 1. The minimum atomic E-state index is 0.0290. The second kappa shape index (κ2) is 7.83. The molecule has 7 heteroatoms. The smallest absolute Gasteiger partial charge is 0.324 e. The van der Waals surface area contributed by atoms with Crippen molar-refractivity contribution in [3.8, 4) is 5.75 Å². The second-order valence-electron chi connectivity index (χ2n) is 5.75. The first-order valence-electron chi connectivity index (χ1n) is 8.45. The van der Waals surface area contributed by atoms with Crippen LogP contribution in [0.1, 0.15) is 6.92 Å². The predicted octanol–water partition coefficient (Wildman–Crippen LogP) is 2.25. The van der Waals surface area contributed by atoms with Gasteiger partial charge in [-0.25, -0.2) is 14.8 Å². The van der Waals surface area contributed by atoms with Gasteiger partial charge in [-0.2, -0.15) is 0 Å². The standard InChI is InChI=1S/C18H23N5O2/c1-3-23(15-5-7-16(25-2)8-6-15)18(24)22-13-11-21(12-14-22)17-19-9-4-10-20-17/h4-10H,3,11-14H2,1-2H3. The molecular formula is C18H23N5O2. The quantitative estimate of drug-likeness (QED) is 0.854. The van der Waals surface area contributed by atoms with Crippen LogP contribution in [0.25, 0.3) is 0 Å². The van der Waals surface area contributed by atoms with E-state index < -0.39 is 0 Å².